The summed E-state index contributed by atoms with van der Waals surface area (Å²) in [6.45, 7) is 8.03. The van der Waals surface area contributed by atoms with Crippen LogP contribution in [-0.4, -0.2) is 62.8 Å². The van der Waals surface area contributed by atoms with Crippen molar-refractivity contribution < 1.29 is 4.79 Å². The number of amides is 2. The summed E-state index contributed by atoms with van der Waals surface area (Å²) in [4.78, 5) is 17.0. The first-order valence-electron chi connectivity index (χ1n) is 10.3. The van der Waals surface area contributed by atoms with E-state index in [2.05, 4.69) is 58.5 Å². The minimum absolute atomic E-state index is 0.00746. The van der Waals surface area contributed by atoms with Gasteiger partial charge < -0.3 is 14.8 Å². The van der Waals surface area contributed by atoms with E-state index in [1.54, 1.807) is 6.33 Å². The van der Waals surface area contributed by atoms with Crippen molar-refractivity contribution in [3.05, 3.63) is 47.5 Å². The molecule has 2 heterocycles. The number of carbonyl (C=O) groups excluding carboxylic acids is 1. The molecular weight excluding hydrogens is 352 g/mol. The van der Waals surface area contributed by atoms with Crippen molar-refractivity contribution in [3.8, 4) is 0 Å². The second-order valence-corrected chi connectivity index (χ2v) is 8.10. The molecule has 0 unspecified atom stereocenters. The summed E-state index contributed by atoms with van der Waals surface area (Å²) in [5.74, 6) is 0.794. The molecule has 1 aliphatic carbocycles. The van der Waals surface area contributed by atoms with Gasteiger partial charge in [0.2, 0.25) is 0 Å². The Morgan fingerprint density at radius 3 is 2.68 bits per heavy atom. The van der Waals surface area contributed by atoms with Crippen molar-refractivity contribution in [2.75, 3.05) is 26.2 Å². The molecule has 1 fully saturated rings. The zero-order chi connectivity index (χ0) is 19.5. The first kappa shape index (κ1) is 18.9. The highest BCUT2D eigenvalue weighted by molar-refractivity contribution is 5.74. The van der Waals surface area contributed by atoms with Crippen molar-refractivity contribution in [1.82, 2.24) is 29.9 Å². The maximum Gasteiger partial charge on any atom is 0.317 e. The lowest BCUT2D eigenvalue weighted by molar-refractivity contribution is 0.101. The first-order chi connectivity index (χ1) is 13.6. The number of benzene rings is 1. The van der Waals surface area contributed by atoms with E-state index >= 15 is 0 Å². The Morgan fingerprint density at radius 1 is 1.18 bits per heavy atom. The summed E-state index contributed by atoms with van der Waals surface area (Å²) in [5, 5.41) is 11.1. The fraction of sp³-hybridized carbons (Fsp3) is 0.571. The number of aromatic nitrogens is 3. The maximum absolute atomic E-state index is 12.6. The fourth-order valence-corrected chi connectivity index (χ4v) is 4.37. The van der Waals surface area contributed by atoms with Gasteiger partial charge in [0, 0.05) is 38.3 Å². The van der Waals surface area contributed by atoms with Crippen molar-refractivity contribution in [3.63, 3.8) is 0 Å². The molecule has 28 heavy (non-hydrogen) atoms. The number of nitrogens with one attached hydrogen (secondary N) is 1. The number of hydrogen-bond donors (Lipinski definition) is 1. The molecule has 0 spiro atoms. The highest BCUT2D eigenvalue weighted by atomic mass is 16.2. The molecule has 1 saturated heterocycles. The third-order valence-corrected chi connectivity index (χ3v) is 6.04. The predicted octanol–water partition coefficient (Wildman–Crippen LogP) is 2.24. The number of fused-ring (bicyclic) bond motifs is 1. The lowest BCUT2D eigenvalue weighted by Gasteiger charge is -2.41. The van der Waals surface area contributed by atoms with E-state index < -0.39 is 0 Å². The quantitative estimate of drug-likeness (QED) is 0.881. The molecule has 7 heteroatoms. The van der Waals surface area contributed by atoms with Crippen LogP contribution in [0.15, 0.2) is 30.6 Å². The van der Waals surface area contributed by atoms with E-state index in [0.717, 1.165) is 44.8 Å². The highest BCUT2D eigenvalue weighted by Crippen LogP contribution is 2.25. The molecule has 4 rings (SSSR count). The highest BCUT2D eigenvalue weighted by Gasteiger charge is 2.28. The van der Waals surface area contributed by atoms with E-state index in [1.807, 2.05) is 9.47 Å². The van der Waals surface area contributed by atoms with Gasteiger partial charge in [0.1, 0.15) is 6.33 Å². The Labute approximate surface area is 166 Å². The van der Waals surface area contributed by atoms with Crippen molar-refractivity contribution in [1.29, 1.82) is 0 Å². The van der Waals surface area contributed by atoms with Crippen molar-refractivity contribution in [2.45, 2.75) is 51.7 Å². The van der Waals surface area contributed by atoms with Crippen molar-refractivity contribution >= 4 is 6.03 Å². The van der Waals surface area contributed by atoms with Crippen LogP contribution in [0, 0.1) is 0 Å². The number of carbonyl (C=O) groups is 1. The second kappa shape index (κ2) is 8.31. The minimum Gasteiger partial charge on any atom is -0.331 e. The molecule has 2 amide bonds. The van der Waals surface area contributed by atoms with Gasteiger partial charge in [0.05, 0.1) is 6.54 Å². The van der Waals surface area contributed by atoms with Crippen LogP contribution in [0.4, 0.5) is 4.79 Å². The van der Waals surface area contributed by atoms with E-state index in [1.165, 1.54) is 17.5 Å². The molecule has 0 saturated carbocycles. The van der Waals surface area contributed by atoms with Gasteiger partial charge in [-0.15, -0.1) is 10.2 Å². The largest absolute Gasteiger partial charge is 0.331 e. The fourth-order valence-electron chi connectivity index (χ4n) is 4.37. The van der Waals surface area contributed by atoms with Gasteiger partial charge in [-0.1, -0.05) is 24.3 Å². The monoisotopic (exact) mass is 382 g/mol. The molecule has 1 aromatic carbocycles. The van der Waals surface area contributed by atoms with E-state index in [4.69, 9.17) is 0 Å². The van der Waals surface area contributed by atoms with Crippen LogP contribution < -0.4 is 5.32 Å². The van der Waals surface area contributed by atoms with E-state index in [-0.39, 0.29) is 12.1 Å². The molecule has 0 bridgehead atoms. The average molecular weight is 383 g/mol. The molecule has 0 radical (unpaired) electrons. The van der Waals surface area contributed by atoms with Crippen LogP contribution in [0.3, 0.4) is 0 Å². The zero-order valence-corrected chi connectivity index (χ0v) is 16.8. The Hall–Kier alpha value is -2.41. The number of piperazine rings is 1. The van der Waals surface area contributed by atoms with Crippen LogP contribution in [0.1, 0.15) is 43.3 Å². The molecule has 1 aromatic heterocycles. The third-order valence-electron chi connectivity index (χ3n) is 6.04. The van der Waals surface area contributed by atoms with Gasteiger partial charge in [0.25, 0.3) is 0 Å². The van der Waals surface area contributed by atoms with E-state index in [0.29, 0.717) is 12.6 Å². The van der Waals surface area contributed by atoms with Gasteiger partial charge >= 0.3 is 6.03 Å². The van der Waals surface area contributed by atoms with Crippen molar-refractivity contribution in [2.24, 2.45) is 0 Å². The normalized spacial score (nSPS) is 20.2. The standard InChI is InChI=1S/C21H30N6O/c1-16(2)27-15-23-24-20(27)14-22-21(28)26-11-9-25(10-12-26)19-8-7-17-5-3-4-6-18(17)13-19/h3-6,15-16,19H,7-14H2,1-2H3,(H,22,28)/t19-/m0/s1. The molecule has 7 nitrogen and oxygen atoms in total. The Morgan fingerprint density at radius 2 is 1.93 bits per heavy atom. The lowest BCUT2D eigenvalue weighted by Crippen LogP contribution is -2.55. The van der Waals surface area contributed by atoms with Gasteiger partial charge in [-0.05, 0) is 44.2 Å². The number of rotatable bonds is 4. The number of urea groups is 1. The molecule has 1 atom stereocenters. The van der Waals surface area contributed by atoms with Crippen LogP contribution in [-0.2, 0) is 19.4 Å². The van der Waals surface area contributed by atoms with Crippen LogP contribution in [0.5, 0.6) is 0 Å². The number of aryl methyl sites for hydroxylation is 1. The lowest BCUT2D eigenvalue weighted by atomic mass is 9.87. The molecule has 1 aliphatic heterocycles. The average Bonchev–Trinajstić information content (AvgIpc) is 3.21. The zero-order valence-electron chi connectivity index (χ0n) is 16.8. The van der Waals surface area contributed by atoms with Crippen LogP contribution in [0.25, 0.3) is 0 Å². The predicted molar refractivity (Wildman–Crippen MR) is 108 cm³/mol. The summed E-state index contributed by atoms with van der Waals surface area (Å²) < 4.78 is 1.99. The molecule has 150 valence electrons. The van der Waals surface area contributed by atoms with Gasteiger partial charge in [-0.25, -0.2) is 4.79 Å². The van der Waals surface area contributed by atoms with Gasteiger partial charge in [-0.3, -0.25) is 4.90 Å². The minimum atomic E-state index is -0.00746. The summed E-state index contributed by atoms with van der Waals surface area (Å²) in [6, 6.07) is 9.68. The number of nitrogens with zero attached hydrogens (tertiary/aromatic N) is 5. The molecule has 2 aromatic rings. The topological polar surface area (TPSA) is 66.3 Å². The smallest absolute Gasteiger partial charge is 0.317 e. The third kappa shape index (κ3) is 4.04. The van der Waals surface area contributed by atoms with Gasteiger partial charge in [0.15, 0.2) is 5.82 Å². The molecular formula is C21H30N6O. The summed E-state index contributed by atoms with van der Waals surface area (Å²) in [6.07, 6.45) is 5.23. The Bertz CT molecular complexity index is 809. The SMILES string of the molecule is CC(C)n1cnnc1CNC(=O)N1CCN([C@H]2CCc3ccccc3C2)CC1. The van der Waals surface area contributed by atoms with Crippen LogP contribution >= 0.6 is 0 Å². The summed E-state index contributed by atoms with van der Waals surface area (Å²) >= 11 is 0. The van der Waals surface area contributed by atoms with Crippen LogP contribution in [0.2, 0.25) is 0 Å². The van der Waals surface area contributed by atoms with Gasteiger partial charge in [-0.2, -0.15) is 0 Å². The Kier molecular flexibility index (Phi) is 5.62. The number of hydrogen-bond acceptors (Lipinski definition) is 4. The Balaban J connectivity index is 1.26. The molecule has 2 aliphatic rings. The second-order valence-electron chi connectivity index (χ2n) is 8.10. The summed E-state index contributed by atoms with van der Waals surface area (Å²) in [5.41, 5.74) is 3.00. The first-order valence-corrected chi connectivity index (χ1v) is 10.3. The summed E-state index contributed by atoms with van der Waals surface area (Å²) in [7, 11) is 0. The molecule has 1 N–H and O–H groups in total. The van der Waals surface area contributed by atoms with E-state index in [9.17, 15) is 4.79 Å². The maximum atomic E-state index is 12.6.